The lowest BCUT2D eigenvalue weighted by Crippen LogP contribution is -2.61. The van der Waals surface area contributed by atoms with Crippen LogP contribution in [0.1, 0.15) is 79.6 Å². The molecule has 1 unspecified atom stereocenters. The molecule has 0 aromatic rings. The molecular weight excluding hydrogens is 534 g/mol. The average Bonchev–Trinajstić information content (AvgIpc) is 3.58. The fourth-order valence-electron chi connectivity index (χ4n) is 6.80. The maximum absolute atomic E-state index is 14.1. The molecule has 3 rings (SSSR count). The fraction of sp³-hybridized carbons (Fsp3) is 0.871. The van der Waals surface area contributed by atoms with E-state index in [1.807, 2.05) is 34.9 Å². The Balaban J connectivity index is 1.73. The summed E-state index contributed by atoms with van der Waals surface area (Å²) in [4.78, 5) is 61.9. The van der Waals surface area contributed by atoms with Crippen LogP contribution in [-0.2, 0) is 19.2 Å². The third-order valence-electron chi connectivity index (χ3n) is 9.33. The second-order valence-electron chi connectivity index (χ2n) is 14.3. The Bertz CT molecular complexity index is 965. The largest absolute Gasteiger partial charge is 0.342 e. The summed E-state index contributed by atoms with van der Waals surface area (Å²) in [6.45, 7) is 13.0. The van der Waals surface area contributed by atoms with Gasteiger partial charge in [-0.2, -0.15) is 0 Å². The number of piperidine rings is 1. The number of likely N-dealkylation sites (N-methyl/N-ethyl adjacent to an activating group) is 2. The van der Waals surface area contributed by atoms with Crippen LogP contribution in [0.25, 0.3) is 0 Å². The highest BCUT2D eigenvalue weighted by Gasteiger charge is 2.43. The van der Waals surface area contributed by atoms with E-state index in [4.69, 9.17) is 0 Å². The lowest BCUT2D eigenvalue weighted by molar-refractivity contribution is -0.145. The summed E-state index contributed by atoms with van der Waals surface area (Å²) in [5.41, 5.74) is 2.34. The first-order valence-electron chi connectivity index (χ1n) is 15.9. The van der Waals surface area contributed by atoms with Gasteiger partial charge in [0.2, 0.25) is 17.7 Å². The summed E-state index contributed by atoms with van der Waals surface area (Å²) in [5, 5.41) is 4.75. The Hall–Kier alpha value is -2.24. The van der Waals surface area contributed by atoms with E-state index < -0.39 is 17.5 Å². The first-order chi connectivity index (χ1) is 19.6. The minimum atomic E-state index is -0.664. The fourth-order valence-corrected chi connectivity index (χ4v) is 6.80. The average molecular weight is 592 g/mol. The number of likely N-dealkylation sites (tertiary alicyclic amines) is 3. The van der Waals surface area contributed by atoms with Crippen LogP contribution in [0.3, 0.4) is 0 Å². The molecule has 3 saturated heterocycles. The lowest BCUT2D eigenvalue weighted by atomic mass is 9.84. The predicted octanol–water partition coefficient (Wildman–Crippen LogP) is 1.53. The third kappa shape index (κ3) is 8.23. The highest BCUT2D eigenvalue weighted by molar-refractivity contribution is 5.91. The first-order valence-corrected chi connectivity index (χ1v) is 15.9. The third-order valence-corrected chi connectivity index (χ3v) is 9.33. The van der Waals surface area contributed by atoms with Gasteiger partial charge < -0.3 is 15.1 Å². The maximum Gasteiger partial charge on any atom is 0.257 e. The van der Waals surface area contributed by atoms with Crippen molar-refractivity contribution < 1.29 is 19.2 Å². The minimum Gasteiger partial charge on any atom is -0.342 e. The van der Waals surface area contributed by atoms with Crippen molar-refractivity contribution in [3.8, 4) is 0 Å². The summed E-state index contributed by atoms with van der Waals surface area (Å²) >= 11 is 0. The second kappa shape index (κ2) is 14.5. The zero-order chi connectivity index (χ0) is 31.4. The Morgan fingerprint density at radius 2 is 1.45 bits per heavy atom. The molecule has 11 heteroatoms. The van der Waals surface area contributed by atoms with Crippen LogP contribution < -0.4 is 10.7 Å². The van der Waals surface area contributed by atoms with E-state index >= 15 is 0 Å². The Morgan fingerprint density at radius 1 is 0.833 bits per heavy atom. The van der Waals surface area contributed by atoms with Crippen molar-refractivity contribution in [2.75, 3.05) is 54.4 Å². The zero-order valence-corrected chi connectivity index (χ0v) is 27.6. The molecule has 0 radical (unpaired) electrons. The van der Waals surface area contributed by atoms with E-state index in [0.29, 0.717) is 19.5 Å². The van der Waals surface area contributed by atoms with Crippen molar-refractivity contribution in [1.82, 2.24) is 35.4 Å². The van der Waals surface area contributed by atoms with Crippen LogP contribution in [0.15, 0.2) is 0 Å². The Labute approximate surface area is 253 Å². The molecule has 0 bridgehead atoms. The van der Waals surface area contributed by atoms with E-state index in [1.165, 1.54) is 0 Å². The van der Waals surface area contributed by atoms with Gasteiger partial charge in [0.15, 0.2) is 0 Å². The van der Waals surface area contributed by atoms with Gasteiger partial charge in [-0.3, -0.25) is 34.4 Å². The number of nitrogens with one attached hydrogen (secondary N) is 2. The molecule has 42 heavy (non-hydrogen) atoms. The SMILES string of the molecule is CC(C)[C@@H](CN1CCC[C@H]1C(=O)N1CCC[C@H]1C(=O)NN(C)C)N(C)C(=O)[C@@H](NC(=O)C1CCCCN1C)C(C)(C)C. The normalized spacial score (nSPS) is 25.5. The molecule has 0 aliphatic carbocycles. The molecule has 0 aromatic carbocycles. The highest BCUT2D eigenvalue weighted by atomic mass is 16.2. The molecule has 3 fully saturated rings. The van der Waals surface area contributed by atoms with E-state index in [1.54, 1.807) is 28.9 Å². The van der Waals surface area contributed by atoms with Gasteiger partial charge >= 0.3 is 0 Å². The topological polar surface area (TPSA) is 109 Å². The Morgan fingerprint density at radius 3 is 2.05 bits per heavy atom. The quantitative estimate of drug-likeness (QED) is 0.371. The monoisotopic (exact) mass is 591 g/mol. The molecule has 0 aromatic heterocycles. The molecule has 4 amide bonds. The second-order valence-corrected chi connectivity index (χ2v) is 14.3. The molecule has 0 spiro atoms. The summed E-state index contributed by atoms with van der Waals surface area (Å²) in [5.74, 6) is -0.174. The smallest absolute Gasteiger partial charge is 0.257 e. The summed E-state index contributed by atoms with van der Waals surface area (Å²) in [6, 6.07) is -1.78. The van der Waals surface area contributed by atoms with Crippen LogP contribution in [0, 0.1) is 11.3 Å². The van der Waals surface area contributed by atoms with Gasteiger partial charge in [0.1, 0.15) is 12.1 Å². The van der Waals surface area contributed by atoms with Gasteiger partial charge in [-0.1, -0.05) is 41.0 Å². The number of hydrogen-bond donors (Lipinski definition) is 2. The molecule has 11 nitrogen and oxygen atoms in total. The lowest BCUT2D eigenvalue weighted by Gasteiger charge is -2.41. The number of hydrogen-bond acceptors (Lipinski definition) is 7. The molecule has 240 valence electrons. The van der Waals surface area contributed by atoms with Gasteiger partial charge in [0.25, 0.3) is 5.91 Å². The molecule has 3 heterocycles. The van der Waals surface area contributed by atoms with E-state index in [9.17, 15) is 19.2 Å². The number of carbonyl (C=O) groups is 4. The molecule has 0 saturated carbocycles. The van der Waals surface area contributed by atoms with Crippen molar-refractivity contribution in [1.29, 1.82) is 0 Å². The van der Waals surface area contributed by atoms with E-state index in [2.05, 4.69) is 34.4 Å². The highest BCUT2D eigenvalue weighted by Crippen LogP contribution is 2.28. The van der Waals surface area contributed by atoms with Crippen LogP contribution >= 0.6 is 0 Å². The van der Waals surface area contributed by atoms with Gasteiger partial charge in [-0.25, -0.2) is 5.01 Å². The maximum atomic E-state index is 14.1. The first kappa shape index (κ1) is 34.3. The standard InChI is InChI=1S/C31H57N7O4/c1-21(2)25(36(9)30(42)26(31(3,4)5)32-27(39)22-14-10-11-17-35(22)8)20-37-18-12-16-24(37)29(41)38-19-13-15-23(38)28(40)33-34(6)7/h21-26H,10-20H2,1-9H3,(H,32,39)(H,33,40)/t22?,23-,24-,25+,26+/m0/s1. The Kier molecular flexibility index (Phi) is 11.8. The molecule has 2 N–H and O–H groups in total. The van der Waals surface area contributed by atoms with Gasteiger partial charge in [0, 0.05) is 40.3 Å². The number of amides is 4. The zero-order valence-electron chi connectivity index (χ0n) is 27.6. The van der Waals surface area contributed by atoms with Crippen molar-refractivity contribution in [2.24, 2.45) is 11.3 Å². The van der Waals surface area contributed by atoms with Gasteiger partial charge in [-0.15, -0.1) is 0 Å². The molecule has 3 aliphatic rings. The predicted molar refractivity (Wildman–Crippen MR) is 164 cm³/mol. The molecule has 5 atom stereocenters. The number of rotatable bonds is 10. The van der Waals surface area contributed by atoms with Gasteiger partial charge in [-0.05, 0) is 70.0 Å². The van der Waals surface area contributed by atoms with Crippen LogP contribution in [0.5, 0.6) is 0 Å². The van der Waals surface area contributed by atoms with Gasteiger partial charge in [0.05, 0.1) is 12.1 Å². The van der Waals surface area contributed by atoms with Crippen LogP contribution in [0.2, 0.25) is 0 Å². The van der Waals surface area contributed by atoms with Crippen LogP contribution in [0.4, 0.5) is 0 Å². The van der Waals surface area contributed by atoms with E-state index in [-0.39, 0.29) is 47.7 Å². The molecule has 3 aliphatic heterocycles. The van der Waals surface area contributed by atoms with Crippen molar-refractivity contribution >= 4 is 23.6 Å². The van der Waals surface area contributed by atoms with E-state index in [0.717, 1.165) is 51.6 Å². The van der Waals surface area contributed by atoms with Crippen LogP contribution in [-0.4, -0.2) is 133 Å². The van der Waals surface area contributed by atoms with Crippen molar-refractivity contribution in [3.05, 3.63) is 0 Å². The number of hydrazine groups is 1. The molecular formula is C31H57N7O4. The summed E-state index contributed by atoms with van der Waals surface area (Å²) in [7, 11) is 7.35. The number of nitrogens with zero attached hydrogens (tertiary/aromatic N) is 5. The van der Waals surface area contributed by atoms with Crippen molar-refractivity contribution in [3.63, 3.8) is 0 Å². The summed E-state index contributed by atoms with van der Waals surface area (Å²) < 4.78 is 0. The summed E-state index contributed by atoms with van der Waals surface area (Å²) in [6.07, 6.45) is 6.03. The number of carbonyl (C=O) groups excluding carboxylic acids is 4. The van der Waals surface area contributed by atoms with Crippen molar-refractivity contribution in [2.45, 2.75) is 110 Å². The minimum absolute atomic E-state index is 0.0109.